The highest BCUT2D eigenvalue weighted by atomic mass is 16.4. The fourth-order valence-electron chi connectivity index (χ4n) is 2.19. The minimum Gasteiger partial charge on any atom is -0.481 e. The fraction of sp³-hybridized carbons (Fsp3) is 0.650. The Kier molecular flexibility index (Phi) is 16.0. The first-order valence-corrected chi connectivity index (χ1v) is 9.03. The van der Waals surface area contributed by atoms with Crippen LogP contribution in [0.15, 0.2) is 36.5 Å². The van der Waals surface area contributed by atoms with E-state index in [1.54, 1.807) is 0 Å². The van der Waals surface area contributed by atoms with Crippen molar-refractivity contribution in [2.45, 2.75) is 83.7 Å². The molecule has 0 aliphatic heterocycles. The molecule has 0 radical (unpaired) electrons. The molecule has 1 unspecified atom stereocenters. The number of carbonyl (C=O) groups is 1. The van der Waals surface area contributed by atoms with E-state index < -0.39 is 5.97 Å². The predicted molar refractivity (Wildman–Crippen MR) is 97.5 cm³/mol. The second-order valence-corrected chi connectivity index (χ2v) is 5.90. The van der Waals surface area contributed by atoms with Gasteiger partial charge in [-0.2, -0.15) is 0 Å². The molecule has 0 rings (SSSR count). The number of aliphatic hydroxyl groups excluding tert-OH is 1. The zero-order chi connectivity index (χ0) is 17.2. The summed E-state index contributed by atoms with van der Waals surface area (Å²) in [5.74, 6) is -0.735. The molecule has 0 heterocycles. The Hall–Kier alpha value is -1.35. The second-order valence-electron chi connectivity index (χ2n) is 5.90. The lowest BCUT2D eigenvalue weighted by Crippen LogP contribution is -1.98. The van der Waals surface area contributed by atoms with Gasteiger partial charge in [-0.15, -0.1) is 0 Å². The van der Waals surface area contributed by atoms with Crippen LogP contribution < -0.4 is 0 Å². The van der Waals surface area contributed by atoms with E-state index in [1.165, 1.54) is 32.1 Å². The second kappa shape index (κ2) is 17.0. The van der Waals surface area contributed by atoms with Crippen molar-refractivity contribution in [2.75, 3.05) is 0 Å². The standard InChI is InChI=1S/C20H34O3/c1-2-3-4-5-7-10-13-16-19(21)17-14-11-8-6-9-12-15-18-20(22)23/h6,9,11,13-14,16,19,21H,2-5,7-8,10,12,15,17-18H2,1H3,(H,22,23). The van der Waals surface area contributed by atoms with Gasteiger partial charge in [0.2, 0.25) is 0 Å². The Morgan fingerprint density at radius 2 is 1.61 bits per heavy atom. The molecule has 0 aliphatic carbocycles. The molecular weight excluding hydrogens is 288 g/mol. The molecule has 0 aromatic rings. The van der Waals surface area contributed by atoms with Crippen LogP contribution in [0.4, 0.5) is 0 Å². The highest BCUT2D eigenvalue weighted by molar-refractivity contribution is 5.66. The van der Waals surface area contributed by atoms with Crippen LogP contribution in [-0.2, 0) is 4.79 Å². The molecule has 0 saturated carbocycles. The van der Waals surface area contributed by atoms with Crippen LogP contribution in [-0.4, -0.2) is 22.3 Å². The molecule has 3 heteroatoms. The molecule has 0 aromatic heterocycles. The van der Waals surface area contributed by atoms with Gasteiger partial charge in [0.1, 0.15) is 0 Å². The monoisotopic (exact) mass is 322 g/mol. The lowest BCUT2D eigenvalue weighted by Gasteiger charge is -2.01. The number of aliphatic hydroxyl groups is 1. The SMILES string of the molecule is CCCCCCCC=CC(O)CC=CCC=CCCCC(=O)O. The van der Waals surface area contributed by atoms with Gasteiger partial charge in [-0.1, -0.05) is 69.1 Å². The van der Waals surface area contributed by atoms with E-state index in [0.29, 0.717) is 12.8 Å². The van der Waals surface area contributed by atoms with Gasteiger partial charge >= 0.3 is 5.97 Å². The lowest BCUT2D eigenvalue weighted by atomic mass is 10.1. The number of allylic oxidation sites excluding steroid dienone is 4. The summed E-state index contributed by atoms with van der Waals surface area (Å²) in [6, 6.07) is 0. The molecule has 0 bridgehead atoms. The number of carboxylic acid groups (broad SMARTS) is 1. The van der Waals surface area contributed by atoms with Crippen LogP contribution in [0.25, 0.3) is 0 Å². The molecule has 0 aromatic carbocycles. The zero-order valence-electron chi connectivity index (χ0n) is 14.6. The Bertz CT molecular complexity index is 356. The highest BCUT2D eigenvalue weighted by Gasteiger charge is 1.94. The van der Waals surface area contributed by atoms with Gasteiger partial charge < -0.3 is 10.2 Å². The van der Waals surface area contributed by atoms with Crippen molar-refractivity contribution < 1.29 is 15.0 Å². The van der Waals surface area contributed by atoms with E-state index in [-0.39, 0.29) is 12.5 Å². The maximum Gasteiger partial charge on any atom is 0.303 e. The topological polar surface area (TPSA) is 57.5 Å². The Balaban J connectivity index is 3.51. The van der Waals surface area contributed by atoms with Crippen LogP contribution in [0.1, 0.15) is 77.6 Å². The van der Waals surface area contributed by atoms with E-state index in [1.807, 2.05) is 30.4 Å². The quantitative estimate of drug-likeness (QED) is 0.313. The van der Waals surface area contributed by atoms with Crippen molar-refractivity contribution in [3.8, 4) is 0 Å². The Labute approximate surface area is 141 Å². The molecule has 3 nitrogen and oxygen atoms in total. The minimum absolute atomic E-state index is 0.233. The van der Waals surface area contributed by atoms with Gasteiger partial charge in [0.25, 0.3) is 0 Å². The third kappa shape index (κ3) is 18.6. The van der Waals surface area contributed by atoms with Gasteiger partial charge in [0.05, 0.1) is 6.10 Å². The van der Waals surface area contributed by atoms with Gasteiger partial charge in [-0.05, 0) is 38.5 Å². The summed E-state index contributed by atoms with van der Waals surface area (Å²) in [4.78, 5) is 10.3. The first-order chi connectivity index (χ1) is 11.2. The summed E-state index contributed by atoms with van der Waals surface area (Å²) in [7, 11) is 0. The number of rotatable bonds is 15. The molecule has 23 heavy (non-hydrogen) atoms. The van der Waals surface area contributed by atoms with Crippen LogP contribution >= 0.6 is 0 Å². The van der Waals surface area contributed by atoms with Crippen molar-refractivity contribution in [1.82, 2.24) is 0 Å². The molecule has 0 amide bonds. The third-order valence-corrected chi connectivity index (χ3v) is 3.58. The Morgan fingerprint density at radius 1 is 0.913 bits per heavy atom. The van der Waals surface area contributed by atoms with Crippen LogP contribution in [0.5, 0.6) is 0 Å². The third-order valence-electron chi connectivity index (χ3n) is 3.58. The average molecular weight is 322 g/mol. The fourth-order valence-corrected chi connectivity index (χ4v) is 2.19. The van der Waals surface area contributed by atoms with E-state index in [2.05, 4.69) is 13.0 Å². The molecule has 1 atom stereocenters. The van der Waals surface area contributed by atoms with E-state index in [9.17, 15) is 9.90 Å². The largest absolute Gasteiger partial charge is 0.481 e. The molecule has 0 aliphatic rings. The van der Waals surface area contributed by atoms with Crippen molar-refractivity contribution in [3.63, 3.8) is 0 Å². The predicted octanol–water partition coefficient (Wildman–Crippen LogP) is 5.41. The van der Waals surface area contributed by atoms with Crippen molar-refractivity contribution in [1.29, 1.82) is 0 Å². The summed E-state index contributed by atoms with van der Waals surface area (Å²) in [5.41, 5.74) is 0. The summed E-state index contributed by atoms with van der Waals surface area (Å²) >= 11 is 0. The number of hydrogen-bond donors (Lipinski definition) is 2. The smallest absolute Gasteiger partial charge is 0.303 e. The Morgan fingerprint density at radius 3 is 2.35 bits per heavy atom. The number of aliphatic carboxylic acids is 1. The van der Waals surface area contributed by atoms with Crippen LogP contribution in [0.2, 0.25) is 0 Å². The molecule has 0 fully saturated rings. The maximum absolute atomic E-state index is 10.3. The van der Waals surface area contributed by atoms with Crippen LogP contribution in [0.3, 0.4) is 0 Å². The van der Waals surface area contributed by atoms with Gasteiger partial charge in [-0.25, -0.2) is 0 Å². The van der Waals surface area contributed by atoms with E-state index in [0.717, 1.165) is 19.3 Å². The van der Waals surface area contributed by atoms with Gasteiger partial charge in [0, 0.05) is 6.42 Å². The van der Waals surface area contributed by atoms with Gasteiger partial charge in [0.15, 0.2) is 0 Å². The molecular formula is C20H34O3. The number of hydrogen-bond acceptors (Lipinski definition) is 2. The van der Waals surface area contributed by atoms with Crippen LogP contribution in [0, 0.1) is 0 Å². The zero-order valence-corrected chi connectivity index (χ0v) is 14.6. The summed E-state index contributed by atoms with van der Waals surface area (Å²) in [6.07, 6.45) is 22.4. The number of carboxylic acids is 1. The molecule has 0 spiro atoms. The van der Waals surface area contributed by atoms with Crippen molar-refractivity contribution in [2.24, 2.45) is 0 Å². The van der Waals surface area contributed by atoms with Gasteiger partial charge in [-0.3, -0.25) is 4.79 Å². The minimum atomic E-state index is -0.735. The number of unbranched alkanes of at least 4 members (excludes halogenated alkanes) is 6. The first kappa shape index (κ1) is 21.6. The maximum atomic E-state index is 10.3. The molecule has 132 valence electrons. The summed E-state index contributed by atoms with van der Waals surface area (Å²) in [6.45, 7) is 2.22. The van der Waals surface area contributed by atoms with E-state index in [4.69, 9.17) is 5.11 Å². The molecule has 0 saturated heterocycles. The molecule has 2 N–H and O–H groups in total. The summed E-state index contributed by atoms with van der Waals surface area (Å²) in [5, 5.41) is 18.3. The van der Waals surface area contributed by atoms with E-state index >= 15 is 0 Å². The normalized spacial score (nSPS) is 13.5. The first-order valence-electron chi connectivity index (χ1n) is 9.03. The lowest BCUT2D eigenvalue weighted by molar-refractivity contribution is -0.137. The van der Waals surface area contributed by atoms with Crippen molar-refractivity contribution in [3.05, 3.63) is 36.5 Å². The highest BCUT2D eigenvalue weighted by Crippen LogP contribution is 2.06. The average Bonchev–Trinajstić information content (AvgIpc) is 2.52. The van der Waals surface area contributed by atoms with Crippen molar-refractivity contribution >= 4 is 5.97 Å². The summed E-state index contributed by atoms with van der Waals surface area (Å²) < 4.78 is 0.